The number of ether oxygens (including phenoxy) is 1. The van der Waals surface area contributed by atoms with E-state index in [1.807, 2.05) is 24.3 Å². The number of hydrogen-bond acceptors (Lipinski definition) is 7. The molecular formula is C22H15N3O4S2. The number of thiazole rings is 1. The van der Waals surface area contributed by atoms with Crippen molar-refractivity contribution >= 4 is 49.1 Å². The van der Waals surface area contributed by atoms with Crippen molar-refractivity contribution in [2.45, 2.75) is 11.5 Å². The summed E-state index contributed by atoms with van der Waals surface area (Å²) in [6.07, 6.45) is 0. The smallest absolute Gasteiger partial charge is 0.338 e. The minimum absolute atomic E-state index is 0.101. The molecule has 9 heteroatoms. The number of nitrogens with one attached hydrogen (secondary N) is 1. The third kappa shape index (κ3) is 3.80. The Kier molecular flexibility index (Phi) is 4.76. The first kappa shape index (κ1) is 19.4. The van der Waals surface area contributed by atoms with E-state index < -0.39 is 16.0 Å². The van der Waals surface area contributed by atoms with Crippen LogP contribution >= 0.6 is 11.3 Å². The SMILES string of the molecule is O=C(OCc1nc2ccccc2s1)c1ccc(NC2=NS(=O)(=O)c3ccccc32)cc1. The average molecular weight is 450 g/mol. The second kappa shape index (κ2) is 7.60. The molecule has 0 spiro atoms. The standard InChI is InChI=1S/C22H15N3O4S2/c26-22(29-13-20-24-17-6-2-3-7-18(17)30-20)14-9-11-15(12-10-14)23-21-16-5-1-4-8-19(16)31(27,28)25-21/h1-12H,13H2,(H,23,25). The molecule has 0 saturated heterocycles. The molecule has 0 unspecified atom stereocenters. The number of carbonyl (C=O) groups excluding carboxylic acids is 1. The Morgan fingerprint density at radius 2 is 1.71 bits per heavy atom. The summed E-state index contributed by atoms with van der Waals surface area (Å²) >= 11 is 1.49. The van der Waals surface area contributed by atoms with E-state index in [1.54, 1.807) is 42.5 Å². The number of carbonyl (C=O) groups is 1. The topological polar surface area (TPSA) is 97.7 Å². The van der Waals surface area contributed by atoms with Crippen molar-refractivity contribution in [3.05, 3.63) is 88.9 Å². The van der Waals surface area contributed by atoms with Gasteiger partial charge in [0, 0.05) is 11.3 Å². The zero-order valence-electron chi connectivity index (χ0n) is 16.0. The fourth-order valence-corrected chi connectivity index (χ4v) is 5.27. The molecule has 7 nitrogen and oxygen atoms in total. The second-order valence-electron chi connectivity index (χ2n) is 6.76. The van der Waals surface area contributed by atoms with Gasteiger partial charge in [0.15, 0.2) is 5.84 Å². The number of sulfonamides is 1. The Labute approximate surface area is 182 Å². The molecule has 1 aliphatic rings. The normalized spacial score (nSPS) is 14.1. The number of amidine groups is 1. The van der Waals surface area contributed by atoms with Crippen molar-refractivity contribution in [3.8, 4) is 0 Å². The molecule has 1 aromatic heterocycles. The Balaban J connectivity index is 1.26. The number of anilines is 1. The Morgan fingerprint density at radius 3 is 2.52 bits per heavy atom. The summed E-state index contributed by atoms with van der Waals surface area (Å²) in [5, 5.41) is 3.73. The zero-order valence-corrected chi connectivity index (χ0v) is 17.6. The van der Waals surface area contributed by atoms with Gasteiger partial charge >= 0.3 is 5.97 Å². The highest BCUT2D eigenvalue weighted by atomic mass is 32.2. The minimum Gasteiger partial charge on any atom is -0.455 e. The molecule has 5 rings (SSSR count). The maximum atomic E-state index is 12.4. The van der Waals surface area contributed by atoms with Crippen molar-refractivity contribution < 1.29 is 17.9 Å². The van der Waals surface area contributed by atoms with E-state index in [4.69, 9.17) is 4.74 Å². The summed E-state index contributed by atoms with van der Waals surface area (Å²) in [6, 6.07) is 20.9. The van der Waals surface area contributed by atoms with Crippen molar-refractivity contribution in [1.29, 1.82) is 0 Å². The fraction of sp³-hybridized carbons (Fsp3) is 0.0455. The number of rotatable bonds is 4. The van der Waals surface area contributed by atoms with Gasteiger partial charge in [0.25, 0.3) is 10.0 Å². The van der Waals surface area contributed by atoms with Crippen LogP contribution in [0.3, 0.4) is 0 Å². The summed E-state index contributed by atoms with van der Waals surface area (Å²) in [7, 11) is -3.69. The molecule has 31 heavy (non-hydrogen) atoms. The largest absolute Gasteiger partial charge is 0.455 e. The van der Waals surface area contributed by atoms with E-state index in [1.165, 1.54) is 17.4 Å². The number of aromatic nitrogens is 1. The van der Waals surface area contributed by atoms with Gasteiger partial charge in [0.1, 0.15) is 16.5 Å². The Hall–Kier alpha value is -3.56. The summed E-state index contributed by atoms with van der Waals surface area (Å²) in [5.74, 6) is -0.210. The van der Waals surface area contributed by atoms with Gasteiger partial charge in [-0.2, -0.15) is 8.42 Å². The molecule has 1 aliphatic heterocycles. The van der Waals surface area contributed by atoms with E-state index in [2.05, 4.69) is 14.7 Å². The molecule has 2 heterocycles. The lowest BCUT2D eigenvalue weighted by atomic mass is 10.1. The minimum atomic E-state index is -3.69. The first-order valence-electron chi connectivity index (χ1n) is 9.33. The van der Waals surface area contributed by atoms with Crippen LogP contribution in [0.2, 0.25) is 0 Å². The van der Waals surface area contributed by atoms with Crippen LogP contribution < -0.4 is 5.32 Å². The number of benzene rings is 3. The van der Waals surface area contributed by atoms with Crippen molar-refractivity contribution in [1.82, 2.24) is 4.98 Å². The van der Waals surface area contributed by atoms with Gasteiger partial charge in [-0.1, -0.05) is 24.3 Å². The predicted molar refractivity (Wildman–Crippen MR) is 119 cm³/mol. The van der Waals surface area contributed by atoms with Crippen LogP contribution in [0.25, 0.3) is 10.2 Å². The van der Waals surface area contributed by atoms with E-state index in [-0.39, 0.29) is 17.3 Å². The molecule has 0 amide bonds. The summed E-state index contributed by atoms with van der Waals surface area (Å²) in [5.41, 5.74) is 2.38. The third-order valence-electron chi connectivity index (χ3n) is 4.68. The quantitative estimate of drug-likeness (QED) is 0.469. The lowest BCUT2D eigenvalue weighted by molar-refractivity contribution is 0.0472. The predicted octanol–water partition coefficient (Wildman–Crippen LogP) is 4.21. The maximum absolute atomic E-state index is 12.4. The molecule has 3 aromatic carbocycles. The van der Waals surface area contributed by atoms with Crippen molar-refractivity contribution in [2.75, 3.05) is 5.32 Å². The van der Waals surface area contributed by atoms with Gasteiger partial charge in [0.2, 0.25) is 0 Å². The lowest BCUT2D eigenvalue weighted by Gasteiger charge is -2.07. The van der Waals surface area contributed by atoms with Gasteiger partial charge in [-0.3, -0.25) is 0 Å². The monoisotopic (exact) mass is 449 g/mol. The first-order valence-corrected chi connectivity index (χ1v) is 11.6. The number of nitrogens with zero attached hydrogens (tertiary/aromatic N) is 2. The summed E-state index contributed by atoms with van der Waals surface area (Å²) < 4.78 is 34.5. The molecule has 0 atom stereocenters. The third-order valence-corrected chi connectivity index (χ3v) is 7.02. The van der Waals surface area contributed by atoms with Gasteiger partial charge in [-0.05, 0) is 48.5 Å². The van der Waals surface area contributed by atoms with Crippen molar-refractivity contribution in [3.63, 3.8) is 0 Å². The highest BCUT2D eigenvalue weighted by Gasteiger charge is 2.28. The van der Waals surface area contributed by atoms with Gasteiger partial charge in [0.05, 0.1) is 15.8 Å². The molecule has 0 bridgehead atoms. The molecular weight excluding hydrogens is 434 g/mol. The molecule has 4 aromatic rings. The van der Waals surface area contributed by atoms with Crippen LogP contribution in [0.5, 0.6) is 0 Å². The Bertz CT molecular complexity index is 1410. The van der Waals surface area contributed by atoms with Gasteiger partial charge in [-0.25, -0.2) is 9.78 Å². The van der Waals surface area contributed by atoms with Crippen LogP contribution in [0.4, 0.5) is 5.69 Å². The van der Waals surface area contributed by atoms with E-state index >= 15 is 0 Å². The molecule has 0 aliphatic carbocycles. The average Bonchev–Trinajstić information content (AvgIpc) is 3.31. The van der Waals surface area contributed by atoms with Gasteiger partial charge < -0.3 is 10.1 Å². The number of esters is 1. The molecule has 1 N–H and O–H groups in total. The van der Waals surface area contributed by atoms with E-state index in [9.17, 15) is 13.2 Å². The first-order chi connectivity index (χ1) is 15.0. The molecule has 154 valence electrons. The fourth-order valence-electron chi connectivity index (χ4n) is 3.21. The molecule has 0 saturated carbocycles. The lowest BCUT2D eigenvalue weighted by Crippen LogP contribution is -2.11. The Morgan fingerprint density at radius 1 is 0.968 bits per heavy atom. The summed E-state index contributed by atoms with van der Waals surface area (Å²) in [4.78, 5) is 17.0. The van der Waals surface area contributed by atoms with Crippen LogP contribution in [0.15, 0.2) is 82.1 Å². The number of fused-ring (bicyclic) bond motifs is 2. The number of para-hydroxylation sites is 1. The molecule has 0 radical (unpaired) electrons. The zero-order chi connectivity index (χ0) is 21.4. The van der Waals surface area contributed by atoms with Crippen LogP contribution in [0, 0.1) is 0 Å². The van der Waals surface area contributed by atoms with Crippen molar-refractivity contribution in [2.24, 2.45) is 4.40 Å². The molecule has 0 fully saturated rings. The second-order valence-corrected chi connectivity index (χ2v) is 9.45. The van der Waals surface area contributed by atoms with Crippen LogP contribution in [-0.4, -0.2) is 25.2 Å². The highest BCUT2D eigenvalue weighted by Crippen LogP contribution is 2.27. The number of hydrogen-bond donors (Lipinski definition) is 1. The summed E-state index contributed by atoms with van der Waals surface area (Å²) in [6.45, 7) is 0.101. The highest BCUT2D eigenvalue weighted by molar-refractivity contribution is 7.90. The van der Waals surface area contributed by atoms with E-state index in [0.717, 1.165) is 15.2 Å². The van der Waals surface area contributed by atoms with Crippen LogP contribution in [-0.2, 0) is 21.4 Å². The maximum Gasteiger partial charge on any atom is 0.338 e. The van der Waals surface area contributed by atoms with Gasteiger partial charge in [-0.15, -0.1) is 15.7 Å². The van der Waals surface area contributed by atoms with E-state index in [0.29, 0.717) is 16.8 Å². The van der Waals surface area contributed by atoms with Crippen LogP contribution in [0.1, 0.15) is 20.9 Å².